The minimum absolute atomic E-state index is 0.163. The van der Waals surface area contributed by atoms with Crippen molar-refractivity contribution in [2.45, 2.75) is 24.9 Å². The number of sulfonamides is 1. The molecule has 1 aromatic carbocycles. The van der Waals surface area contributed by atoms with E-state index in [2.05, 4.69) is 20.3 Å². The van der Waals surface area contributed by atoms with Crippen LogP contribution in [-0.4, -0.2) is 53.9 Å². The number of aryl methyl sites for hydroxylation is 2. The molecular formula is C22H23F3N6O2S. The van der Waals surface area contributed by atoms with Gasteiger partial charge < -0.3 is 10.2 Å². The van der Waals surface area contributed by atoms with Crippen molar-refractivity contribution in [2.24, 2.45) is 0 Å². The lowest BCUT2D eigenvalue weighted by Crippen LogP contribution is -2.49. The summed E-state index contributed by atoms with van der Waals surface area (Å²) in [5.74, 6) is 2.42. The van der Waals surface area contributed by atoms with Crippen LogP contribution in [0.15, 0.2) is 53.6 Å². The Morgan fingerprint density at radius 2 is 1.59 bits per heavy atom. The first kappa shape index (κ1) is 23.9. The zero-order chi connectivity index (χ0) is 24.5. The van der Waals surface area contributed by atoms with Crippen molar-refractivity contribution in [3.05, 3.63) is 65.6 Å². The Balaban J connectivity index is 1.45. The summed E-state index contributed by atoms with van der Waals surface area (Å²) in [6, 6.07) is 9.11. The van der Waals surface area contributed by atoms with Crippen LogP contribution in [0.4, 0.5) is 30.6 Å². The maximum atomic E-state index is 12.9. The molecule has 1 aliphatic rings. The molecule has 1 saturated heterocycles. The standard InChI is InChI=1S/C22H23F3N6O2S/c1-15-7-8-26-19(13-15)29-20-14-21(28-16(2)27-20)30-9-11-31(12-10-30)34(32,33)18-5-3-17(4-6-18)22(23,24)25/h3-8,13-14H,9-12H2,1-2H3,(H,26,27,28,29). The van der Waals surface area contributed by atoms with Gasteiger partial charge in [0.1, 0.15) is 23.3 Å². The molecule has 34 heavy (non-hydrogen) atoms. The van der Waals surface area contributed by atoms with Crippen LogP contribution in [0, 0.1) is 13.8 Å². The molecular weight excluding hydrogens is 469 g/mol. The van der Waals surface area contributed by atoms with Crippen LogP contribution in [0.1, 0.15) is 17.0 Å². The molecule has 1 fully saturated rings. The number of anilines is 3. The van der Waals surface area contributed by atoms with Crippen LogP contribution in [0.2, 0.25) is 0 Å². The predicted molar refractivity (Wildman–Crippen MR) is 121 cm³/mol. The molecule has 1 N–H and O–H groups in total. The van der Waals surface area contributed by atoms with Crippen molar-refractivity contribution in [1.29, 1.82) is 0 Å². The van der Waals surface area contributed by atoms with Crippen molar-refractivity contribution in [2.75, 3.05) is 36.4 Å². The Morgan fingerprint density at radius 3 is 2.21 bits per heavy atom. The first-order valence-electron chi connectivity index (χ1n) is 10.5. The van der Waals surface area contributed by atoms with Gasteiger partial charge in [-0.3, -0.25) is 0 Å². The smallest absolute Gasteiger partial charge is 0.354 e. The number of hydrogen-bond acceptors (Lipinski definition) is 7. The second-order valence-electron chi connectivity index (χ2n) is 7.92. The van der Waals surface area contributed by atoms with E-state index in [1.807, 2.05) is 24.0 Å². The Bertz CT molecular complexity index is 1270. The highest BCUT2D eigenvalue weighted by molar-refractivity contribution is 7.89. The summed E-state index contributed by atoms with van der Waals surface area (Å²) in [7, 11) is -3.91. The quantitative estimate of drug-likeness (QED) is 0.580. The van der Waals surface area contributed by atoms with E-state index in [0.717, 1.165) is 29.8 Å². The lowest BCUT2D eigenvalue weighted by molar-refractivity contribution is -0.137. The van der Waals surface area contributed by atoms with E-state index in [1.165, 1.54) is 4.31 Å². The highest BCUT2D eigenvalue weighted by Crippen LogP contribution is 2.30. The zero-order valence-corrected chi connectivity index (χ0v) is 19.4. The Kier molecular flexibility index (Phi) is 6.45. The SMILES string of the molecule is Cc1ccnc(Nc2cc(N3CCN(S(=O)(=O)c4ccc(C(F)(F)F)cc4)CC3)nc(C)n2)c1. The van der Waals surface area contributed by atoms with Gasteiger partial charge in [0.05, 0.1) is 10.5 Å². The third-order valence-corrected chi connectivity index (χ3v) is 7.29. The summed E-state index contributed by atoms with van der Waals surface area (Å²) in [5, 5.41) is 3.16. The third-order valence-electron chi connectivity index (χ3n) is 5.38. The molecule has 3 heterocycles. The van der Waals surface area contributed by atoms with Gasteiger partial charge in [-0.15, -0.1) is 0 Å². The Morgan fingerprint density at radius 1 is 0.912 bits per heavy atom. The topological polar surface area (TPSA) is 91.3 Å². The molecule has 0 radical (unpaired) electrons. The lowest BCUT2D eigenvalue weighted by Gasteiger charge is -2.34. The largest absolute Gasteiger partial charge is 0.416 e. The average Bonchev–Trinajstić information content (AvgIpc) is 2.78. The molecule has 0 unspecified atom stereocenters. The Hall–Kier alpha value is -3.25. The van der Waals surface area contributed by atoms with Crippen LogP contribution in [0.25, 0.3) is 0 Å². The molecule has 0 amide bonds. The highest BCUT2D eigenvalue weighted by Gasteiger charge is 2.32. The maximum Gasteiger partial charge on any atom is 0.416 e. The minimum Gasteiger partial charge on any atom is -0.354 e. The summed E-state index contributed by atoms with van der Waals surface area (Å²) in [4.78, 5) is 14.9. The van der Waals surface area contributed by atoms with Gasteiger partial charge in [-0.25, -0.2) is 23.4 Å². The number of rotatable bonds is 5. The highest BCUT2D eigenvalue weighted by atomic mass is 32.2. The van der Waals surface area contributed by atoms with Gasteiger partial charge in [-0.2, -0.15) is 17.5 Å². The molecule has 3 aromatic rings. The fourth-order valence-electron chi connectivity index (χ4n) is 3.64. The molecule has 0 bridgehead atoms. The van der Waals surface area contributed by atoms with Gasteiger partial charge in [0.2, 0.25) is 10.0 Å². The number of pyridine rings is 1. The molecule has 0 aliphatic carbocycles. The number of hydrogen-bond donors (Lipinski definition) is 1. The summed E-state index contributed by atoms with van der Waals surface area (Å²) in [5.41, 5.74) is 0.162. The van der Waals surface area contributed by atoms with Gasteiger partial charge in [-0.1, -0.05) is 0 Å². The fourth-order valence-corrected chi connectivity index (χ4v) is 5.06. The maximum absolute atomic E-state index is 12.9. The number of halogens is 3. The van der Waals surface area contributed by atoms with Gasteiger partial charge >= 0.3 is 6.18 Å². The van der Waals surface area contributed by atoms with E-state index >= 15 is 0 Å². The summed E-state index contributed by atoms with van der Waals surface area (Å²) in [6.45, 7) is 4.82. The number of benzene rings is 1. The van der Waals surface area contributed by atoms with Crippen LogP contribution in [-0.2, 0) is 16.2 Å². The average molecular weight is 493 g/mol. The molecule has 180 valence electrons. The number of alkyl halides is 3. The van der Waals surface area contributed by atoms with Gasteiger partial charge in [-0.05, 0) is 55.8 Å². The minimum atomic E-state index is -4.52. The van der Waals surface area contributed by atoms with Crippen molar-refractivity contribution >= 4 is 27.5 Å². The van der Waals surface area contributed by atoms with E-state index in [0.29, 0.717) is 36.4 Å². The number of piperazine rings is 1. The molecule has 1 aliphatic heterocycles. The number of nitrogens with zero attached hydrogens (tertiary/aromatic N) is 5. The fraction of sp³-hybridized carbons (Fsp3) is 0.318. The van der Waals surface area contributed by atoms with Gasteiger partial charge in [0, 0.05) is 38.4 Å². The molecule has 12 heteroatoms. The third kappa shape index (κ3) is 5.28. The summed E-state index contributed by atoms with van der Waals surface area (Å²) in [6.07, 6.45) is -2.82. The second-order valence-corrected chi connectivity index (χ2v) is 9.85. The van der Waals surface area contributed by atoms with E-state index < -0.39 is 21.8 Å². The molecule has 0 saturated carbocycles. The Labute approximate surface area is 195 Å². The van der Waals surface area contributed by atoms with Gasteiger partial charge in [0.25, 0.3) is 0 Å². The lowest BCUT2D eigenvalue weighted by atomic mass is 10.2. The van der Waals surface area contributed by atoms with Gasteiger partial charge in [0.15, 0.2) is 0 Å². The van der Waals surface area contributed by atoms with Crippen molar-refractivity contribution in [3.63, 3.8) is 0 Å². The summed E-state index contributed by atoms with van der Waals surface area (Å²) < 4.78 is 65.5. The molecule has 4 rings (SSSR count). The van der Waals surface area contributed by atoms with Crippen LogP contribution in [0.3, 0.4) is 0 Å². The molecule has 2 aromatic heterocycles. The van der Waals surface area contributed by atoms with Crippen LogP contribution < -0.4 is 10.2 Å². The van der Waals surface area contributed by atoms with E-state index in [1.54, 1.807) is 19.2 Å². The predicted octanol–water partition coefficient (Wildman–Crippen LogP) is 3.76. The number of aromatic nitrogens is 3. The van der Waals surface area contributed by atoms with Crippen LogP contribution >= 0.6 is 0 Å². The van der Waals surface area contributed by atoms with E-state index in [-0.39, 0.29) is 18.0 Å². The zero-order valence-electron chi connectivity index (χ0n) is 18.5. The first-order chi connectivity index (χ1) is 16.0. The number of nitrogens with one attached hydrogen (secondary N) is 1. The van der Waals surface area contributed by atoms with Crippen molar-refractivity contribution in [1.82, 2.24) is 19.3 Å². The van der Waals surface area contributed by atoms with Crippen molar-refractivity contribution in [3.8, 4) is 0 Å². The van der Waals surface area contributed by atoms with Crippen molar-refractivity contribution < 1.29 is 21.6 Å². The van der Waals surface area contributed by atoms with Crippen LogP contribution in [0.5, 0.6) is 0 Å². The molecule has 0 spiro atoms. The van der Waals surface area contributed by atoms with E-state index in [9.17, 15) is 21.6 Å². The molecule has 8 nitrogen and oxygen atoms in total. The first-order valence-corrected chi connectivity index (χ1v) is 11.9. The normalized spacial score (nSPS) is 15.4. The molecule has 0 atom stereocenters. The monoisotopic (exact) mass is 492 g/mol. The summed E-state index contributed by atoms with van der Waals surface area (Å²) >= 11 is 0. The van der Waals surface area contributed by atoms with E-state index in [4.69, 9.17) is 0 Å². The second kappa shape index (κ2) is 9.18.